The fourth-order valence-electron chi connectivity index (χ4n) is 3.17. The van der Waals surface area contributed by atoms with Gasteiger partial charge in [-0.15, -0.1) is 0 Å². The van der Waals surface area contributed by atoms with E-state index in [0.29, 0.717) is 28.5 Å². The van der Waals surface area contributed by atoms with E-state index in [1.807, 2.05) is 13.0 Å². The number of nitrogens with one attached hydrogen (secondary N) is 2. The molecular weight excluding hydrogens is 390 g/mol. The van der Waals surface area contributed by atoms with E-state index in [2.05, 4.69) is 10.6 Å². The molecule has 2 N–H and O–H groups in total. The van der Waals surface area contributed by atoms with Gasteiger partial charge in [0.1, 0.15) is 18.0 Å². The highest BCUT2D eigenvalue weighted by Crippen LogP contribution is 2.39. The molecule has 9 nitrogen and oxygen atoms in total. The molecular formula is C21H19N3O6. The van der Waals surface area contributed by atoms with E-state index in [0.717, 1.165) is 10.5 Å². The molecule has 2 aromatic rings. The lowest BCUT2D eigenvalue weighted by Crippen LogP contribution is -2.38. The first-order valence-corrected chi connectivity index (χ1v) is 9.13. The van der Waals surface area contributed by atoms with Crippen LogP contribution in [0.3, 0.4) is 0 Å². The van der Waals surface area contributed by atoms with Crippen LogP contribution in [0.1, 0.15) is 11.1 Å². The monoisotopic (exact) mass is 409 g/mol. The number of rotatable bonds is 5. The van der Waals surface area contributed by atoms with Crippen molar-refractivity contribution in [3.05, 3.63) is 53.2 Å². The molecule has 2 aromatic carbocycles. The number of imide groups is 1. The van der Waals surface area contributed by atoms with Gasteiger partial charge in [-0.05, 0) is 36.8 Å². The molecule has 0 radical (unpaired) electrons. The molecule has 2 aliphatic heterocycles. The summed E-state index contributed by atoms with van der Waals surface area (Å²) >= 11 is 0. The van der Waals surface area contributed by atoms with Crippen LogP contribution in [0.15, 0.2) is 42.1 Å². The van der Waals surface area contributed by atoms with Gasteiger partial charge in [-0.2, -0.15) is 0 Å². The predicted octanol–water partition coefficient (Wildman–Crippen LogP) is 2.26. The number of methoxy groups -OCH3 is 1. The average molecular weight is 409 g/mol. The Morgan fingerprint density at radius 2 is 2.00 bits per heavy atom. The summed E-state index contributed by atoms with van der Waals surface area (Å²) in [4.78, 5) is 38.1. The Bertz CT molecular complexity index is 1080. The molecule has 9 heteroatoms. The SMILES string of the molecule is COc1cc2c(cc1/C=C1\NC(=O)N(CC(=O)Nc3cccc(C)c3)C1=O)OCO2. The maximum absolute atomic E-state index is 12.7. The number of carbonyl (C=O) groups excluding carboxylic acids is 3. The Labute approximate surface area is 172 Å². The summed E-state index contributed by atoms with van der Waals surface area (Å²) in [5.74, 6) is 0.397. The molecule has 154 valence electrons. The predicted molar refractivity (Wildman–Crippen MR) is 107 cm³/mol. The highest BCUT2D eigenvalue weighted by molar-refractivity contribution is 6.16. The van der Waals surface area contributed by atoms with Crippen LogP contribution in [0.4, 0.5) is 10.5 Å². The zero-order chi connectivity index (χ0) is 21.3. The van der Waals surface area contributed by atoms with Gasteiger partial charge in [0.15, 0.2) is 11.5 Å². The van der Waals surface area contributed by atoms with Crippen molar-refractivity contribution in [2.75, 3.05) is 25.8 Å². The molecule has 0 aliphatic carbocycles. The zero-order valence-corrected chi connectivity index (χ0v) is 16.4. The van der Waals surface area contributed by atoms with Crippen LogP contribution in [-0.2, 0) is 9.59 Å². The van der Waals surface area contributed by atoms with Gasteiger partial charge in [0.25, 0.3) is 5.91 Å². The van der Waals surface area contributed by atoms with Crippen molar-refractivity contribution in [2.24, 2.45) is 0 Å². The maximum atomic E-state index is 12.7. The third-order valence-corrected chi connectivity index (χ3v) is 4.59. The first-order chi connectivity index (χ1) is 14.4. The number of aryl methyl sites for hydroxylation is 1. The van der Waals surface area contributed by atoms with E-state index in [1.165, 1.54) is 13.2 Å². The molecule has 0 unspecified atom stereocenters. The van der Waals surface area contributed by atoms with Crippen LogP contribution in [0.25, 0.3) is 6.08 Å². The van der Waals surface area contributed by atoms with Crippen LogP contribution in [0.5, 0.6) is 17.2 Å². The molecule has 2 heterocycles. The highest BCUT2D eigenvalue weighted by Gasteiger charge is 2.35. The zero-order valence-electron chi connectivity index (χ0n) is 16.4. The summed E-state index contributed by atoms with van der Waals surface area (Å²) in [5.41, 5.74) is 2.12. The topological polar surface area (TPSA) is 106 Å². The molecule has 0 atom stereocenters. The molecule has 4 rings (SSSR count). The van der Waals surface area contributed by atoms with Gasteiger partial charge in [-0.3, -0.25) is 9.59 Å². The average Bonchev–Trinajstić information content (AvgIpc) is 3.26. The Hall–Kier alpha value is -4.01. The van der Waals surface area contributed by atoms with Gasteiger partial charge in [-0.1, -0.05) is 12.1 Å². The molecule has 0 bridgehead atoms. The van der Waals surface area contributed by atoms with Crippen molar-refractivity contribution in [1.82, 2.24) is 10.2 Å². The number of benzene rings is 2. The Kier molecular flexibility index (Phi) is 5.01. The normalized spacial score (nSPS) is 16.1. The molecule has 4 amide bonds. The van der Waals surface area contributed by atoms with Gasteiger partial charge in [-0.25, -0.2) is 9.69 Å². The van der Waals surface area contributed by atoms with E-state index in [9.17, 15) is 14.4 Å². The molecule has 1 saturated heterocycles. The number of hydrogen-bond acceptors (Lipinski definition) is 6. The van der Waals surface area contributed by atoms with Crippen molar-refractivity contribution in [1.29, 1.82) is 0 Å². The maximum Gasteiger partial charge on any atom is 0.329 e. The van der Waals surface area contributed by atoms with Crippen molar-refractivity contribution in [3.8, 4) is 17.2 Å². The van der Waals surface area contributed by atoms with E-state index < -0.39 is 24.4 Å². The number of urea groups is 1. The summed E-state index contributed by atoms with van der Waals surface area (Å²) in [7, 11) is 1.48. The largest absolute Gasteiger partial charge is 0.496 e. The van der Waals surface area contributed by atoms with Crippen LogP contribution >= 0.6 is 0 Å². The summed E-state index contributed by atoms with van der Waals surface area (Å²) < 4.78 is 16.0. The van der Waals surface area contributed by atoms with Gasteiger partial charge in [0.05, 0.1) is 7.11 Å². The first kappa shape index (κ1) is 19.3. The van der Waals surface area contributed by atoms with Crippen molar-refractivity contribution in [2.45, 2.75) is 6.92 Å². The highest BCUT2D eigenvalue weighted by atomic mass is 16.7. The third-order valence-electron chi connectivity index (χ3n) is 4.59. The number of hydrogen-bond donors (Lipinski definition) is 2. The Morgan fingerprint density at radius 3 is 2.73 bits per heavy atom. The number of nitrogens with zero attached hydrogens (tertiary/aromatic N) is 1. The first-order valence-electron chi connectivity index (χ1n) is 9.13. The van der Waals surface area contributed by atoms with Crippen LogP contribution in [0.2, 0.25) is 0 Å². The summed E-state index contributed by atoms with van der Waals surface area (Å²) in [6, 6.07) is 9.84. The standard InChI is InChI=1S/C21H19N3O6/c1-12-4-3-5-14(6-12)22-19(25)10-24-20(26)15(23-21(24)27)7-13-8-17-18(30-11-29-17)9-16(13)28-2/h3-9H,10-11H2,1-2H3,(H,22,25)(H,23,27)/b15-7-. The summed E-state index contributed by atoms with van der Waals surface area (Å²) in [6.07, 6.45) is 1.47. The third kappa shape index (κ3) is 3.77. The van der Waals surface area contributed by atoms with Crippen molar-refractivity contribution in [3.63, 3.8) is 0 Å². The fraction of sp³-hybridized carbons (Fsp3) is 0.190. The quantitative estimate of drug-likeness (QED) is 0.580. The second kappa shape index (κ2) is 7.78. The molecule has 0 spiro atoms. The van der Waals surface area contributed by atoms with Crippen LogP contribution < -0.4 is 24.8 Å². The second-order valence-corrected chi connectivity index (χ2v) is 6.74. The minimum Gasteiger partial charge on any atom is -0.496 e. The lowest BCUT2D eigenvalue weighted by molar-refractivity contribution is -0.127. The Balaban J connectivity index is 1.51. The fourth-order valence-corrected chi connectivity index (χ4v) is 3.17. The van der Waals surface area contributed by atoms with Crippen LogP contribution in [0, 0.1) is 6.92 Å². The Morgan fingerprint density at radius 1 is 1.23 bits per heavy atom. The molecule has 0 aromatic heterocycles. The van der Waals surface area contributed by atoms with E-state index >= 15 is 0 Å². The van der Waals surface area contributed by atoms with Gasteiger partial charge in [0.2, 0.25) is 12.7 Å². The van der Waals surface area contributed by atoms with E-state index in [1.54, 1.807) is 30.3 Å². The van der Waals surface area contributed by atoms with Gasteiger partial charge < -0.3 is 24.8 Å². The van der Waals surface area contributed by atoms with Gasteiger partial charge in [0, 0.05) is 17.3 Å². The number of amides is 4. The smallest absolute Gasteiger partial charge is 0.329 e. The van der Waals surface area contributed by atoms with E-state index in [-0.39, 0.29) is 12.5 Å². The minimum atomic E-state index is -0.676. The van der Waals surface area contributed by atoms with Crippen LogP contribution in [-0.4, -0.2) is 43.2 Å². The molecule has 30 heavy (non-hydrogen) atoms. The summed E-state index contributed by atoms with van der Waals surface area (Å²) in [6.45, 7) is 1.58. The van der Waals surface area contributed by atoms with Crippen molar-refractivity contribution < 1.29 is 28.6 Å². The molecule has 0 saturated carbocycles. The lowest BCUT2D eigenvalue weighted by atomic mass is 10.1. The van der Waals surface area contributed by atoms with E-state index in [4.69, 9.17) is 14.2 Å². The number of fused-ring (bicyclic) bond motifs is 1. The molecule has 1 fully saturated rings. The lowest BCUT2D eigenvalue weighted by Gasteiger charge is -2.12. The number of carbonyl (C=O) groups is 3. The summed E-state index contributed by atoms with van der Waals surface area (Å²) in [5, 5.41) is 5.17. The minimum absolute atomic E-state index is 0.0283. The number of ether oxygens (including phenoxy) is 3. The van der Waals surface area contributed by atoms with Gasteiger partial charge >= 0.3 is 6.03 Å². The second-order valence-electron chi connectivity index (χ2n) is 6.74. The number of anilines is 1. The van der Waals surface area contributed by atoms with Crippen molar-refractivity contribution >= 4 is 29.6 Å². The molecule has 2 aliphatic rings.